The lowest BCUT2D eigenvalue weighted by Crippen LogP contribution is -2.29. The van der Waals surface area contributed by atoms with Gasteiger partial charge in [-0.15, -0.1) is 0 Å². The molecule has 0 saturated heterocycles. The number of amides is 3. The molecular formula is C17H13N3O7S. The Morgan fingerprint density at radius 2 is 1.61 bits per heavy atom. The van der Waals surface area contributed by atoms with Gasteiger partial charge >= 0.3 is 5.97 Å². The number of fused-ring (bicyclic) bond motifs is 1. The first-order valence-corrected chi connectivity index (χ1v) is 9.28. The fraction of sp³-hybridized carbons (Fsp3) is 0.0588. The van der Waals surface area contributed by atoms with Crippen molar-refractivity contribution in [2.75, 3.05) is 11.3 Å². The molecule has 0 atom stereocenters. The largest absolute Gasteiger partial charge is 0.480 e. The van der Waals surface area contributed by atoms with Crippen molar-refractivity contribution in [3.05, 3.63) is 59.2 Å². The summed E-state index contributed by atoms with van der Waals surface area (Å²) in [5.74, 6) is -3.07. The minimum atomic E-state index is -4.05. The highest BCUT2D eigenvalue weighted by Crippen LogP contribution is 2.22. The highest BCUT2D eigenvalue weighted by Gasteiger charge is 2.28. The van der Waals surface area contributed by atoms with Crippen molar-refractivity contribution in [3.63, 3.8) is 0 Å². The quantitative estimate of drug-likeness (QED) is 0.501. The summed E-state index contributed by atoms with van der Waals surface area (Å²) in [6, 6.07) is 8.86. The summed E-state index contributed by atoms with van der Waals surface area (Å²) in [6.45, 7) is -0.540. The number of aliphatic carboxylic acids is 1. The van der Waals surface area contributed by atoms with Crippen molar-refractivity contribution in [1.29, 1.82) is 0 Å². The van der Waals surface area contributed by atoms with Gasteiger partial charge in [-0.25, -0.2) is 8.42 Å². The lowest BCUT2D eigenvalue weighted by atomic mass is 10.1. The average Bonchev–Trinajstić information content (AvgIpc) is 2.93. The number of carboxylic acid groups (broad SMARTS) is 1. The smallest absolute Gasteiger partial charge is 0.322 e. The molecule has 0 spiro atoms. The van der Waals surface area contributed by atoms with Gasteiger partial charge in [0.2, 0.25) is 0 Å². The summed E-state index contributed by atoms with van der Waals surface area (Å²) in [5.41, 5.74) is 0.367. The van der Waals surface area contributed by atoms with Crippen molar-refractivity contribution < 1.29 is 32.7 Å². The van der Waals surface area contributed by atoms with Crippen molar-refractivity contribution in [1.82, 2.24) is 10.6 Å². The zero-order chi connectivity index (χ0) is 20.5. The van der Waals surface area contributed by atoms with Gasteiger partial charge in [-0.2, -0.15) is 0 Å². The van der Waals surface area contributed by atoms with Crippen LogP contribution in [-0.4, -0.2) is 43.8 Å². The Hall–Kier alpha value is -3.73. The summed E-state index contributed by atoms with van der Waals surface area (Å²) in [5, 5.41) is 12.8. The molecule has 2 aromatic carbocycles. The van der Waals surface area contributed by atoms with Gasteiger partial charge in [0, 0.05) is 11.3 Å². The van der Waals surface area contributed by atoms with Gasteiger partial charge in [-0.3, -0.25) is 29.2 Å². The topological polar surface area (TPSA) is 159 Å². The van der Waals surface area contributed by atoms with Gasteiger partial charge in [0.1, 0.15) is 6.54 Å². The van der Waals surface area contributed by atoms with E-state index < -0.39 is 40.3 Å². The third-order valence-electron chi connectivity index (χ3n) is 3.82. The molecule has 3 amide bonds. The van der Waals surface area contributed by atoms with Gasteiger partial charge in [0.25, 0.3) is 27.7 Å². The fourth-order valence-electron chi connectivity index (χ4n) is 2.48. The number of benzene rings is 2. The Bertz CT molecular complexity index is 1110. The van der Waals surface area contributed by atoms with E-state index >= 15 is 0 Å². The van der Waals surface area contributed by atoms with Crippen LogP contribution in [0.25, 0.3) is 0 Å². The summed E-state index contributed by atoms with van der Waals surface area (Å²) < 4.78 is 27.3. The molecule has 11 heteroatoms. The van der Waals surface area contributed by atoms with E-state index in [2.05, 4.69) is 15.4 Å². The summed E-state index contributed by atoms with van der Waals surface area (Å²) in [4.78, 5) is 45.2. The van der Waals surface area contributed by atoms with Crippen LogP contribution in [0.1, 0.15) is 31.1 Å². The van der Waals surface area contributed by atoms with E-state index in [4.69, 9.17) is 5.11 Å². The van der Waals surface area contributed by atoms with E-state index in [0.717, 1.165) is 6.07 Å². The monoisotopic (exact) mass is 403 g/mol. The van der Waals surface area contributed by atoms with E-state index in [0.29, 0.717) is 0 Å². The van der Waals surface area contributed by atoms with E-state index in [1.165, 1.54) is 36.4 Å². The number of nitrogens with one attached hydrogen (secondary N) is 3. The summed E-state index contributed by atoms with van der Waals surface area (Å²) in [7, 11) is -4.05. The summed E-state index contributed by atoms with van der Waals surface area (Å²) in [6.07, 6.45) is 0. The Labute approximate surface area is 158 Å². The number of hydrogen-bond donors (Lipinski definition) is 4. The Morgan fingerprint density at radius 3 is 2.25 bits per heavy atom. The maximum Gasteiger partial charge on any atom is 0.322 e. The average molecular weight is 403 g/mol. The predicted octanol–water partition coefficient (Wildman–Crippen LogP) is 0.185. The standard InChI is InChI=1S/C17H13N3O7S/c21-14(22)8-18-15(23)9-1-3-10(4-2-9)20-28(26,27)11-5-6-12-13(7-11)17(25)19-16(12)24/h1-7,20H,8H2,(H,18,23)(H,21,22)(H,19,24,25). The second-order valence-corrected chi connectivity index (χ2v) is 7.43. The van der Waals surface area contributed by atoms with Crippen molar-refractivity contribution in [2.24, 2.45) is 0 Å². The number of carbonyl (C=O) groups excluding carboxylic acids is 3. The molecule has 0 aliphatic carbocycles. The van der Waals surface area contributed by atoms with Crippen LogP contribution in [0, 0.1) is 0 Å². The van der Waals surface area contributed by atoms with Crippen molar-refractivity contribution >= 4 is 39.4 Å². The highest BCUT2D eigenvalue weighted by atomic mass is 32.2. The van der Waals surface area contributed by atoms with Crippen molar-refractivity contribution in [2.45, 2.75) is 4.90 Å². The normalized spacial score (nSPS) is 12.9. The van der Waals surface area contributed by atoms with E-state index in [-0.39, 0.29) is 27.3 Å². The van der Waals surface area contributed by atoms with Gasteiger partial charge in [-0.1, -0.05) is 0 Å². The third kappa shape index (κ3) is 3.83. The fourth-order valence-corrected chi connectivity index (χ4v) is 3.56. The first kappa shape index (κ1) is 19.0. The van der Waals surface area contributed by atoms with Crippen LogP contribution in [0.15, 0.2) is 47.4 Å². The molecule has 4 N–H and O–H groups in total. The molecule has 0 aromatic heterocycles. The lowest BCUT2D eigenvalue weighted by Gasteiger charge is -2.09. The highest BCUT2D eigenvalue weighted by molar-refractivity contribution is 7.92. The zero-order valence-electron chi connectivity index (χ0n) is 14.1. The Balaban J connectivity index is 1.77. The van der Waals surface area contributed by atoms with Crippen molar-refractivity contribution in [3.8, 4) is 0 Å². The molecule has 1 aliphatic rings. The number of carbonyl (C=O) groups is 4. The number of anilines is 1. The van der Waals surface area contributed by atoms with E-state index in [1.807, 2.05) is 0 Å². The molecular weight excluding hydrogens is 390 g/mol. The van der Waals surface area contributed by atoms with Crippen LogP contribution in [0.3, 0.4) is 0 Å². The molecule has 2 aromatic rings. The molecule has 144 valence electrons. The molecule has 0 fully saturated rings. The number of sulfonamides is 1. The number of imide groups is 1. The lowest BCUT2D eigenvalue weighted by molar-refractivity contribution is -0.135. The molecule has 0 radical (unpaired) electrons. The second kappa shape index (κ2) is 7.12. The minimum absolute atomic E-state index is 0.0293. The molecule has 0 saturated carbocycles. The minimum Gasteiger partial charge on any atom is -0.480 e. The zero-order valence-corrected chi connectivity index (χ0v) is 14.9. The SMILES string of the molecule is O=C(O)CNC(=O)c1ccc(NS(=O)(=O)c2ccc3c(c2)C(=O)NC3=O)cc1. The van der Waals surface area contributed by atoms with Gasteiger partial charge in [-0.05, 0) is 42.5 Å². The van der Waals surface area contributed by atoms with Crippen LogP contribution < -0.4 is 15.4 Å². The molecule has 0 bridgehead atoms. The molecule has 1 aliphatic heterocycles. The Kier molecular flexibility index (Phi) is 4.84. The third-order valence-corrected chi connectivity index (χ3v) is 5.20. The molecule has 0 unspecified atom stereocenters. The van der Waals surface area contributed by atoms with Crippen LogP contribution >= 0.6 is 0 Å². The maximum absolute atomic E-state index is 12.5. The second-order valence-electron chi connectivity index (χ2n) is 5.75. The van der Waals surface area contributed by atoms with Gasteiger partial charge in [0.05, 0.1) is 16.0 Å². The molecule has 28 heavy (non-hydrogen) atoms. The number of rotatable bonds is 6. The maximum atomic E-state index is 12.5. The summed E-state index contributed by atoms with van der Waals surface area (Å²) >= 11 is 0. The molecule has 1 heterocycles. The first-order chi connectivity index (χ1) is 13.2. The van der Waals surface area contributed by atoms with Gasteiger partial charge < -0.3 is 10.4 Å². The molecule has 3 rings (SSSR count). The predicted molar refractivity (Wildman–Crippen MR) is 95.5 cm³/mol. The number of hydrogen-bond acceptors (Lipinski definition) is 6. The number of carboxylic acids is 1. The Morgan fingerprint density at radius 1 is 0.964 bits per heavy atom. The molecule has 10 nitrogen and oxygen atoms in total. The van der Waals surface area contributed by atoms with Crippen LogP contribution in [0.5, 0.6) is 0 Å². The van der Waals surface area contributed by atoms with Gasteiger partial charge in [0.15, 0.2) is 0 Å². The van der Waals surface area contributed by atoms with Crippen LogP contribution in [0.4, 0.5) is 5.69 Å². The van der Waals surface area contributed by atoms with Crippen LogP contribution in [0.2, 0.25) is 0 Å². The first-order valence-electron chi connectivity index (χ1n) is 7.80. The van der Waals surface area contributed by atoms with E-state index in [9.17, 15) is 27.6 Å². The van der Waals surface area contributed by atoms with E-state index in [1.54, 1.807) is 0 Å². The van der Waals surface area contributed by atoms with Crippen LogP contribution in [-0.2, 0) is 14.8 Å².